The maximum Gasteiger partial charge on any atom is 0.256 e. The molecule has 3 rings (SSSR count). The van der Waals surface area contributed by atoms with Gasteiger partial charge in [-0.05, 0) is 37.0 Å². The van der Waals surface area contributed by atoms with E-state index < -0.39 is 0 Å². The predicted molar refractivity (Wildman–Crippen MR) is 80.3 cm³/mol. The summed E-state index contributed by atoms with van der Waals surface area (Å²) in [4.78, 5) is 25.1. The zero-order valence-corrected chi connectivity index (χ0v) is 13.0. The monoisotopic (exact) mass is 313 g/mol. The summed E-state index contributed by atoms with van der Waals surface area (Å²) in [6, 6.07) is 4.72. The van der Waals surface area contributed by atoms with Crippen LogP contribution in [-0.4, -0.2) is 29.2 Å². The lowest BCUT2D eigenvalue weighted by atomic mass is 10.1. The molecule has 1 saturated carbocycles. The first-order valence-corrected chi connectivity index (χ1v) is 7.60. The first kappa shape index (κ1) is 15.3. The molecule has 1 aromatic carbocycles. The fourth-order valence-electron chi connectivity index (χ4n) is 2.72. The van der Waals surface area contributed by atoms with Crippen LogP contribution in [0.5, 0.6) is 0 Å². The number of hydrogen-bond acceptors (Lipinski definition) is 2. The highest BCUT2D eigenvalue weighted by molar-refractivity contribution is 6.36. The van der Waals surface area contributed by atoms with Gasteiger partial charge in [-0.15, -0.1) is 0 Å². The van der Waals surface area contributed by atoms with Crippen molar-refractivity contribution in [1.29, 1.82) is 0 Å². The summed E-state index contributed by atoms with van der Waals surface area (Å²) in [5.74, 6) is 0.328. The van der Waals surface area contributed by atoms with Crippen LogP contribution >= 0.6 is 23.2 Å². The first-order chi connectivity index (χ1) is 9.61. The highest BCUT2D eigenvalue weighted by Crippen LogP contribution is 2.48. The van der Waals surface area contributed by atoms with Gasteiger partial charge in [-0.3, -0.25) is 4.79 Å². The molecule has 3 nitrogen and oxygen atoms in total. The molecule has 2 unspecified atom stereocenters. The third-order valence-electron chi connectivity index (χ3n) is 3.70. The lowest BCUT2D eigenvalue weighted by Crippen LogP contribution is -2.39. The van der Waals surface area contributed by atoms with Gasteiger partial charge in [-0.25, -0.2) is 0 Å². The Hall–Kier alpha value is -1.06. The minimum Gasteiger partial charge on any atom is -0.326 e. The van der Waals surface area contributed by atoms with Crippen molar-refractivity contribution in [2.45, 2.75) is 38.8 Å². The summed E-state index contributed by atoms with van der Waals surface area (Å²) in [5.41, 5.74) is 0.417. The van der Waals surface area contributed by atoms with Crippen LogP contribution in [0.2, 0.25) is 10.0 Å². The average molecular weight is 314 g/mol. The lowest BCUT2D eigenvalue weighted by Gasteiger charge is -2.24. The van der Waals surface area contributed by atoms with E-state index in [1.165, 1.54) is 0 Å². The van der Waals surface area contributed by atoms with Crippen LogP contribution in [0.15, 0.2) is 18.2 Å². The molecule has 0 bridgehead atoms. The molecule has 2 fully saturated rings. The van der Waals surface area contributed by atoms with E-state index in [9.17, 15) is 9.59 Å². The second-order valence-corrected chi connectivity index (χ2v) is 5.68. The smallest absolute Gasteiger partial charge is 0.256 e. The molecule has 1 aromatic rings. The van der Waals surface area contributed by atoms with Gasteiger partial charge in [0.15, 0.2) is 0 Å². The Labute approximate surface area is 128 Å². The molecular formula is C15H17Cl2NO2. The van der Waals surface area contributed by atoms with Gasteiger partial charge in [0.05, 0.1) is 16.6 Å². The molecule has 0 N–H and O–H groups in total. The van der Waals surface area contributed by atoms with Crippen molar-refractivity contribution < 1.29 is 9.59 Å². The molecule has 0 spiro atoms. The van der Waals surface area contributed by atoms with Crippen molar-refractivity contribution in [3.63, 3.8) is 0 Å². The Balaban J connectivity index is 0.000000704. The minimum atomic E-state index is -0.298. The number of rotatable bonds is 2. The molecule has 0 radical (unpaired) electrons. The van der Waals surface area contributed by atoms with Crippen LogP contribution in [0.1, 0.15) is 37.0 Å². The van der Waals surface area contributed by atoms with E-state index in [0.717, 1.165) is 19.1 Å². The zero-order chi connectivity index (χ0) is 14.9. The SMILES string of the molecule is CC.O=C[C@@H]1CC2CC2N1C(=O)c1ccc(Cl)cc1Cl. The molecule has 5 heteroatoms. The molecule has 1 saturated heterocycles. The number of benzene rings is 1. The maximum atomic E-state index is 12.4. The van der Waals surface area contributed by atoms with Gasteiger partial charge in [-0.1, -0.05) is 37.0 Å². The van der Waals surface area contributed by atoms with E-state index in [-0.39, 0.29) is 18.0 Å². The molecule has 3 atom stereocenters. The summed E-state index contributed by atoms with van der Waals surface area (Å²) in [6.45, 7) is 4.00. The Morgan fingerprint density at radius 1 is 1.30 bits per heavy atom. The molecule has 1 amide bonds. The molecule has 0 aromatic heterocycles. The van der Waals surface area contributed by atoms with E-state index in [1.54, 1.807) is 23.1 Å². The summed E-state index contributed by atoms with van der Waals surface area (Å²) in [6.07, 6.45) is 2.64. The van der Waals surface area contributed by atoms with Gasteiger partial charge < -0.3 is 9.69 Å². The molecule has 1 heterocycles. The summed E-state index contributed by atoms with van der Waals surface area (Å²) in [5, 5.41) is 0.829. The van der Waals surface area contributed by atoms with Crippen molar-refractivity contribution in [2.75, 3.05) is 0 Å². The summed E-state index contributed by atoms with van der Waals surface area (Å²) < 4.78 is 0. The molecular weight excluding hydrogens is 297 g/mol. The van der Waals surface area contributed by atoms with Gasteiger partial charge in [0.1, 0.15) is 6.29 Å². The number of likely N-dealkylation sites (tertiary alicyclic amines) is 1. The number of halogens is 2. The Morgan fingerprint density at radius 2 is 2.00 bits per heavy atom. The number of amides is 1. The normalized spacial score (nSPS) is 26.4. The van der Waals surface area contributed by atoms with Crippen LogP contribution < -0.4 is 0 Å². The van der Waals surface area contributed by atoms with E-state index in [2.05, 4.69) is 0 Å². The van der Waals surface area contributed by atoms with Crippen molar-refractivity contribution in [1.82, 2.24) is 4.90 Å². The van der Waals surface area contributed by atoms with Gasteiger partial charge in [-0.2, -0.15) is 0 Å². The Bertz CT molecular complexity index is 533. The Kier molecular flexibility index (Phi) is 4.71. The van der Waals surface area contributed by atoms with E-state index in [0.29, 0.717) is 21.5 Å². The highest BCUT2D eigenvalue weighted by atomic mass is 35.5. The fraction of sp³-hybridized carbons (Fsp3) is 0.467. The van der Waals surface area contributed by atoms with Crippen LogP contribution in [-0.2, 0) is 4.79 Å². The molecule has 1 aliphatic carbocycles. The Morgan fingerprint density at radius 3 is 2.60 bits per heavy atom. The van der Waals surface area contributed by atoms with Crippen molar-refractivity contribution >= 4 is 35.4 Å². The van der Waals surface area contributed by atoms with E-state index >= 15 is 0 Å². The van der Waals surface area contributed by atoms with Crippen molar-refractivity contribution in [3.05, 3.63) is 33.8 Å². The molecule has 20 heavy (non-hydrogen) atoms. The molecule has 2 aliphatic rings. The fourth-order valence-corrected chi connectivity index (χ4v) is 3.21. The van der Waals surface area contributed by atoms with Gasteiger partial charge in [0, 0.05) is 11.1 Å². The number of nitrogens with zero attached hydrogens (tertiary/aromatic N) is 1. The third-order valence-corrected chi connectivity index (χ3v) is 4.25. The number of hydrogen-bond donors (Lipinski definition) is 0. The number of piperidine rings is 1. The average Bonchev–Trinajstić information content (AvgIpc) is 3.11. The summed E-state index contributed by atoms with van der Waals surface area (Å²) >= 11 is 11.8. The van der Waals surface area contributed by atoms with Crippen LogP contribution in [0.4, 0.5) is 0 Å². The lowest BCUT2D eigenvalue weighted by molar-refractivity contribution is -0.111. The number of aldehydes is 1. The highest BCUT2D eigenvalue weighted by Gasteiger charge is 2.54. The third kappa shape index (κ3) is 2.70. The van der Waals surface area contributed by atoms with E-state index in [1.807, 2.05) is 13.8 Å². The zero-order valence-electron chi connectivity index (χ0n) is 11.5. The second kappa shape index (κ2) is 6.15. The van der Waals surface area contributed by atoms with Crippen LogP contribution in [0.25, 0.3) is 0 Å². The largest absolute Gasteiger partial charge is 0.326 e. The van der Waals surface area contributed by atoms with Crippen molar-refractivity contribution in [3.8, 4) is 0 Å². The van der Waals surface area contributed by atoms with Crippen LogP contribution in [0, 0.1) is 5.92 Å². The van der Waals surface area contributed by atoms with Crippen LogP contribution in [0.3, 0.4) is 0 Å². The van der Waals surface area contributed by atoms with Gasteiger partial charge >= 0.3 is 0 Å². The first-order valence-electron chi connectivity index (χ1n) is 6.85. The van der Waals surface area contributed by atoms with Gasteiger partial charge in [0.25, 0.3) is 5.91 Å². The second-order valence-electron chi connectivity index (χ2n) is 4.84. The molecule has 1 aliphatic heterocycles. The number of carbonyl (C=O) groups excluding carboxylic acids is 2. The molecule has 108 valence electrons. The minimum absolute atomic E-state index is 0.168. The summed E-state index contributed by atoms with van der Waals surface area (Å²) in [7, 11) is 0. The quantitative estimate of drug-likeness (QED) is 0.778. The van der Waals surface area contributed by atoms with E-state index in [4.69, 9.17) is 23.2 Å². The van der Waals surface area contributed by atoms with Gasteiger partial charge in [0.2, 0.25) is 0 Å². The standard InChI is InChI=1S/C13H11Cl2NO2.C2H6/c14-8-1-2-10(11(15)5-8)13(18)16-9(6-17)3-7-4-12(7)16;1-2/h1-2,5-7,9,12H,3-4H2;1-2H3/t7?,9-,12?;/m0./s1. The maximum absolute atomic E-state index is 12.4. The number of carbonyl (C=O) groups is 2. The predicted octanol–water partition coefficient (Wildman–Crippen LogP) is 3.82. The van der Waals surface area contributed by atoms with Crippen molar-refractivity contribution in [2.24, 2.45) is 5.92 Å². The number of fused-ring (bicyclic) bond motifs is 1. The topological polar surface area (TPSA) is 37.4 Å².